The van der Waals surface area contributed by atoms with E-state index in [1.807, 2.05) is 52.0 Å². The third kappa shape index (κ3) is 8.93. The van der Waals surface area contributed by atoms with Gasteiger partial charge in [0, 0.05) is 24.2 Å². The summed E-state index contributed by atoms with van der Waals surface area (Å²) in [5.41, 5.74) is 2.85. The maximum atomic E-state index is 13.4. The Labute approximate surface area is 303 Å². The zero-order valence-corrected chi connectivity index (χ0v) is 30.4. The summed E-state index contributed by atoms with van der Waals surface area (Å²) in [5.74, 6) is 13.3. The lowest BCUT2D eigenvalue weighted by molar-refractivity contribution is -0.136. The van der Waals surface area contributed by atoms with Crippen molar-refractivity contribution in [2.45, 2.75) is 77.5 Å². The molecule has 0 bridgehead atoms. The van der Waals surface area contributed by atoms with Crippen LogP contribution in [-0.4, -0.2) is 93.1 Å². The first-order chi connectivity index (χ1) is 25.0. The number of alkyl carbamates (subject to hydrolysis) is 2. The van der Waals surface area contributed by atoms with E-state index < -0.39 is 24.3 Å². The zero-order valence-electron chi connectivity index (χ0n) is 30.4. The number of likely N-dealkylation sites (tertiary alicyclic amines) is 2. The predicted octanol–water partition coefficient (Wildman–Crippen LogP) is 4.02. The summed E-state index contributed by atoms with van der Waals surface area (Å²) >= 11 is 0. The molecule has 1 aromatic carbocycles. The van der Waals surface area contributed by atoms with Gasteiger partial charge in [0.1, 0.15) is 35.1 Å². The number of nitrogens with zero attached hydrogens (tertiary/aromatic N) is 4. The average molecular weight is 711 g/mol. The van der Waals surface area contributed by atoms with Gasteiger partial charge in [0.2, 0.25) is 11.8 Å². The monoisotopic (exact) mass is 710 g/mol. The van der Waals surface area contributed by atoms with E-state index in [9.17, 15) is 19.2 Å². The number of benzene rings is 1. The van der Waals surface area contributed by atoms with Gasteiger partial charge in [0.25, 0.3) is 0 Å². The van der Waals surface area contributed by atoms with Crippen LogP contribution in [0.3, 0.4) is 0 Å². The van der Waals surface area contributed by atoms with Crippen LogP contribution < -0.4 is 10.6 Å². The molecule has 2 aliphatic heterocycles. The van der Waals surface area contributed by atoms with Crippen molar-refractivity contribution in [3.63, 3.8) is 0 Å². The van der Waals surface area contributed by atoms with E-state index in [-0.39, 0.29) is 35.7 Å². The molecule has 4 heterocycles. The summed E-state index contributed by atoms with van der Waals surface area (Å²) in [6.45, 7) is 8.68. The number of hydrogen-bond acceptors (Lipinski definition) is 8. The minimum absolute atomic E-state index is 0.115. The van der Waals surface area contributed by atoms with Crippen molar-refractivity contribution in [1.29, 1.82) is 0 Å². The van der Waals surface area contributed by atoms with Gasteiger partial charge in [-0.2, -0.15) is 0 Å². The molecule has 0 saturated carbocycles. The Morgan fingerprint density at radius 1 is 0.692 bits per heavy atom. The standard InChI is InChI=1S/C38H46N8O6/c1-23(2)31(43-37(49)51-5)35(47)45-19-7-9-29(45)33-39-21-27(41-33)17-15-25-11-13-26(14-12-25)16-18-28-22-40-34(42-28)30-10-8-20-46(30)36(48)32(24(3)4)44-38(50)52-6/h11-14,21-24,29-32H,7-10,19-20H2,1-6H3,(H,39,41)(H,40,42)(H,43,49)(H,44,50)/t29-,30-,31+,32+/m1/s1. The van der Waals surface area contributed by atoms with Crippen LogP contribution in [0.5, 0.6) is 0 Å². The second-order valence-electron chi connectivity index (χ2n) is 13.5. The molecule has 2 fully saturated rings. The Morgan fingerprint density at radius 3 is 1.42 bits per heavy atom. The van der Waals surface area contributed by atoms with Gasteiger partial charge < -0.3 is 39.9 Å². The van der Waals surface area contributed by atoms with Crippen LogP contribution in [0.15, 0.2) is 36.7 Å². The fraction of sp³-hybridized carbons (Fsp3) is 0.474. The van der Waals surface area contributed by atoms with Crippen LogP contribution in [0.4, 0.5) is 9.59 Å². The van der Waals surface area contributed by atoms with Crippen molar-refractivity contribution in [3.8, 4) is 23.7 Å². The number of nitrogens with one attached hydrogen (secondary N) is 4. The minimum Gasteiger partial charge on any atom is -0.453 e. The molecule has 5 rings (SSSR count). The summed E-state index contributed by atoms with van der Waals surface area (Å²) < 4.78 is 9.44. The van der Waals surface area contributed by atoms with E-state index >= 15 is 0 Å². The summed E-state index contributed by atoms with van der Waals surface area (Å²) in [5, 5.41) is 5.33. The molecule has 14 heteroatoms. The van der Waals surface area contributed by atoms with Crippen LogP contribution in [0.1, 0.15) is 99.6 Å². The van der Waals surface area contributed by atoms with Gasteiger partial charge in [-0.15, -0.1) is 0 Å². The summed E-state index contributed by atoms with van der Waals surface area (Å²) in [4.78, 5) is 69.6. The minimum atomic E-state index is -0.700. The number of carbonyl (C=O) groups excluding carboxylic acids is 4. The van der Waals surface area contributed by atoms with Gasteiger partial charge in [-0.1, -0.05) is 39.5 Å². The molecule has 2 saturated heterocycles. The normalized spacial score (nSPS) is 17.8. The Bertz CT molecular complexity index is 1740. The number of rotatable bonds is 8. The molecular weight excluding hydrogens is 664 g/mol. The molecule has 2 aromatic heterocycles. The number of carbonyl (C=O) groups is 4. The van der Waals surface area contributed by atoms with Gasteiger partial charge in [-0.05, 0) is 73.6 Å². The van der Waals surface area contributed by atoms with E-state index in [2.05, 4.69) is 54.3 Å². The van der Waals surface area contributed by atoms with Crippen LogP contribution >= 0.6 is 0 Å². The highest BCUT2D eigenvalue weighted by atomic mass is 16.5. The number of ether oxygens (including phenoxy) is 2. The van der Waals surface area contributed by atoms with Gasteiger partial charge in [0.15, 0.2) is 0 Å². The third-order valence-electron chi connectivity index (χ3n) is 9.24. The molecule has 0 spiro atoms. The SMILES string of the molecule is COC(=O)N[C@H](C(=O)N1CCC[C@@H]1c1ncc(C#Cc2ccc(C#Cc3cnc([C@H]4CCCN4C(=O)[C@@H](NC(=O)OC)C(C)C)[nH]3)cc2)[nH]1)C(C)C. The molecule has 14 nitrogen and oxygen atoms in total. The lowest BCUT2D eigenvalue weighted by Gasteiger charge is -2.29. The van der Waals surface area contributed by atoms with E-state index in [0.29, 0.717) is 36.1 Å². The molecule has 3 aromatic rings. The predicted molar refractivity (Wildman–Crippen MR) is 191 cm³/mol. The first kappa shape index (κ1) is 37.5. The molecule has 274 valence electrons. The van der Waals surface area contributed by atoms with Crippen molar-refractivity contribution in [1.82, 2.24) is 40.4 Å². The van der Waals surface area contributed by atoms with Crippen LogP contribution in [-0.2, 0) is 19.1 Å². The maximum absolute atomic E-state index is 13.4. The Morgan fingerprint density at radius 2 is 1.08 bits per heavy atom. The smallest absolute Gasteiger partial charge is 0.407 e. The molecule has 0 unspecified atom stereocenters. The Hall–Kier alpha value is -5.76. The second-order valence-corrected chi connectivity index (χ2v) is 13.5. The fourth-order valence-electron chi connectivity index (χ4n) is 6.44. The molecule has 0 radical (unpaired) electrons. The number of H-pyrrole nitrogens is 2. The molecule has 4 N–H and O–H groups in total. The first-order valence-corrected chi connectivity index (χ1v) is 17.5. The lowest BCUT2D eigenvalue weighted by atomic mass is 10.0. The molecule has 52 heavy (non-hydrogen) atoms. The van der Waals surface area contributed by atoms with Gasteiger partial charge >= 0.3 is 12.2 Å². The van der Waals surface area contributed by atoms with E-state index in [1.165, 1.54) is 14.2 Å². The number of amides is 4. The number of aromatic amines is 2. The number of aromatic nitrogens is 4. The first-order valence-electron chi connectivity index (χ1n) is 17.5. The van der Waals surface area contributed by atoms with E-state index in [1.54, 1.807) is 22.2 Å². The topological polar surface area (TPSA) is 175 Å². The quantitative estimate of drug-likeness (QED) is 0.254. The largest absolute Gasteiger partial charge is 0.453 e. The number of imidazole rings is 2. The van der Waals surface area contributed by atoms with Gasteiger partial charge in [0.05, 0.1) is 38.7 Å². The summed E-state index contributed by atoms with van der Waals surface area (Å²) in [6.07, 6.45) is 5.22. The van der Waals surface area contributed by atoms with Crippen LogP contribution in [0.25, 0.3) is 0 Å². The van der Waals surface area contributed by atoms with Gasteiger partial charge in [-0.25, -0.2) is 19.6 Å². The van der Waals surface area contributed by atoms with Crippen molar-refractivity contribution in [3.05, 3.63) is 70.8 Å². The summed E-state index contributed by atoms with van der Waals surface area (Å²) in [7, 11) is 2.55. The third-order valence-corrected chi connectivity index (χ3v) is 9.24. The molecule has 4 atom stereocenters. The number of hydrogen-bond donors (Lipinski definition) is 4. The van der Waals surface area contributed by atoms with Crippen molar-refractivity contribution >= 4 is 24.0 Å². The second kappa shape index (κ2) is 17.0. The zero-order chi connectivity index (χ0) is 37.4. The van der Waals surface area contributed by atoms with Crippen molar-refractivity contribution in [2.24, 2.45) is 11.8 Å². The van der Waals surface area contributed by atoms with Crippen LogP contribution in [0, 0.1) is 35.5 Å². The highest BCUT2D eigenvalue weighted by molar-refractivity contribution is 5.87. The van der Waals surface area contributed by atoms with E-state index in [4.69, 9.17) is 9.47 Å². The lowest BCUT2D eigenvalue weighted by Crippen LogP contribution is -2.51. The van der Waals surface area contributed by atoms with E-state index in [0.717, 1.165) is 36.8 Å². The molecule has 2 aliphatic rings. The van der Waals surface area contributed by atoms with Gasteiger partial charge in [-0.3, -0.25) is 9.59 Å². The average Bonchev–Trinajstić information content (AvgIpc) is 3.97. The van der Waals surface area contributed by atoms with Crippen LogP contribution in [0.2, 0.25) is 0 Å². The highest BCUT2D eigenvalue weighted by Gasteiger charge is 2.38. The summed E-state index contributed by atoms with van der Waals surface area (Å²) in [6, 6.07) is 5.68. The van der Waals surface area contributed by atoms with Crippen molar-refractivity contribution in [2.75, 3.05) is 27.3 Å². The molecule has 0 aliphatic carbocycles. The Kier molecular flexibility index (Phi) is 12.2. The molecular formula is C38H46N8O6. The fourth-order valence-corrected chi connectivity index (χ4v) is 6.44. The maximum Gasteiger partial charge on any atom is 0.407 e. The number of methoxy groups -OCH3 is 2. The Balaban J connectivity index is 1.20. The van der Waals surface area contributed by atoms with Crippen molar-refractivity contribution < 1.29 is 28.7 Å². The molecule has 4 amide bonds. The highest BCUT2D eigenvalue weighted by Crippen LogP contribution is 2.32.